The normalized spacial score (nSPS) is 37.4. The SMILES string of the molecule is C=C1C(OC(C)=O)C(OC(C)=O)C(OC(C)=O)C2(C)C(OC(C)=O)CCC(C)=CC3OC(=O)C(C)C3(O)C(OC(C)=O)C12. The van der Waals surface area contributed by atoms with Crippen molar-refractivity contribution >= 4 is 35.8 Å². The molecule has 1 heterocycles. The van der Waals surface area contributed by atoms with Gasteiger partial charge in [-0.05, 0) is 38.3 Å². The summed E-state index contributed by atoms with van der Waals surface area (Å²) in [4.78, 5) is 75.5. The molecule has 1 aliphatic heterocycles. The molecule has 0 amide bonds. The highest BCUT2D eigenvalue weighted by molar-refractivity contribution is 5.78. The minimum Gasteiger partial charge on any atom is -0.462 e. The van der Waals surface area contributed by atoms with Crippen molar-refractivity contribution in [2.75, 3.05) is 0 Å². The molecule has 0 spiro atoms. The lowest BCUT2D eigenvalue weighted by Gasteiger charge is -2.58. The van der Waals surface area contributed by atoms with Crippen LogP contribution in [0.4, 0.5) is 0 Å². The van der Waals surface area contributed by atoms with Crippen LogP contribution in [0.2, 0.25) is 0 Å². The van der Waals surface area contributed by atoms with E-state index < -0.39 is 95.3 Å². The Kier molecular flexibility index (Phi) is 9.79. The van der Waals surface area contributed by atoms with Crippen molar-refractivity contribution in [1.29, 1.82) is 0 Å². The van der Waals surface area contributed by atoms with Crippen LogP contribution in [0.15, 0.2) is 23.8 Å². The fraction of sp³-hybridized carbons (Fsp3) is 0.667. The van der Waals surface area contributed by atoms with Gasteiger partial charge in [0.05, 0.1) is 11.3 Å². The van der Waals surface area contributed by atoms with Crippen molar-refractivity contribution in [3.05, 3.63) is 23.8 Å². The number of carbonyl (C=O) groups is 6. The van der Waals surface area contributed by atoms with Crippen LogP contribution in [0, 0.1) is 17.3 Å². The summed E-state index contributed by atoms with van der Waals surface area (Å²) >= 11 is 0. The first-order chi connectivity index (χ1) is 19.8. The molecule has 1 N–H and O–H groups in total. The summed E-state index contributed by atoms with van der Waals surface area (Å²) in [6, 6.07) is 0. The maximum atomic E-state index is 13.0. The first-order valence-corrected chi connectivity index (χ1v) is 14.0. The van der Waals surface area contributed by atoms with Crippen LogP contribution in [0.25, 0.3) is 0 Å². The molecule has 0 radical (unpaired) electrons. The van der Waals surface area contributed by atoms with Gasteiger partial charge >= 0.3 is 35.8 Å². The summed E-state index contributed by atoms with van der Waals surface area (Å²) < 4.78 is 34.3. The van der Waals surface area contributed by atoms with Crippen molar-refractivity contribution in [3.63, 3.8) is 0 Å². The van der Waals surface area contributed by atoms with Crippen molar-refractivity contribution in [3.8, 4) is 0 Å². The summed E-state index contributed by atoms with van der Waals surface area (Å²) in [5.74, 6) is -7.34. The van der Waals surface area contributed by atoms with E-state index >= 15 is 0 Å². The average molecular weight is 609 g/mol. The molecule has 1 saturated heterocycles. The van der Waals surface area contributed by atoms with Crippen LogP contribution in [0.5, 0.6) is 0 Å². The molecule has 10 atom stereocenters. The summed E-state index contributed by atoms with van der Waals surface area (Å²) in [6.07, 6.45) is -6.62. The molecule has 13 nitrogen and oxygen atoms in total. The van der Waals surface area contributed by atoms with Crippen molar-refractivity contribution in [1.82, 2.24) is 0 Å². The number of carbonyl (C=O) groups excluding carboxylic acids is 6. The lowest BCUT2D eigenvalue weighted by Crippen LogP contribution is -2.71. The van der Waals surface area contributed by atoms with Gasteiger partial charge in [0, 0.05) is 40.5 Å². The van der Waals surface area contributed by atoms with Crippen molar-refractivity contribution in [2.45, 2.75) is 110 Å². The first-order valence-electron chi connectivity index (χ1n) is 14.0. The molecule has 3 aliphatic rings. The third-order valence-corrected chi connectivity index (χ3v) is 8.57. The number of fused-ring (bicyclic) bond motifs is 2. The summed E-state index contributed by atoms with van der Waals surface area (Å²) in [5, 5.41) is 12.5. The Hall–Kier alpha value is -3.74. The quantitative estimate of drug-likeness (QED) is 0.272. The molecule has 0 bridgehead atoms. The lowest BCUT2D eigenvalue weighted by atomic mass is 9.53. The van der Waals surface area contributed by atoms with Gasteiger partial charge in [0.25, 0.3) is 0 Å². The highest BCUT2D eigenvalue weighted by Gasteiger charge is 2.71. The molecule has 0 aromatic carbocycles. The summed E-state index contributed by atoms with van der Waals surface area (Å²) in [6.45, 7) is 14.5. The molecule has 43 heavy (non-hydrogen) atoms. The number of allylic oxidation sites excluding steroid dienone is 1. The van der Waals surface area contributed by atoms with Gasteiger partial charge in [-0.2, -0.15) is 0 Å². The molecular weight excluding hydrogens is 568 g/mol. The Morgan fingerprint density at radius 3 is 1.91 bits per heavy atom. The van der Waals surface area contributed by atoms with Gasteiger partial charge in [0.1, 0.15) is 12.2 Å². The van der Waals surface area contributed by atoms with Crippen LogP contribution in [-0.2, 0) is 57.2 Å². The van der Waals surface area contributed by atoms with E-state index in [1.54, 1.807) is 19.9 Å². The number of hydrogen-bond donors (Lipinski definition) is 1. The van der Waals surface area contributed by atoms with Crippen LogP contribution < -0.4 is 0 Å². The lowest BCUT2D eigenvalue weighted by molar-refractivity contribution is -0.248. The number of rotatable bonds is 5. The fourth-order valence-corrected chi connectivity index (χ4v) is 6.73. The molecule has 0 aromatic heterocycles. The van der Waals surface area contributed by atoms with Crippen molar-refractivity contribution < 1.29 is 62.3 Å². The maximum Gasteiger partial charge on any atom is 0.312 e. The zero-order valence-corrected chi connectivity index (χ0v) is 25.7. The van der Waals surface area contributed by atoms with E-state index in [4.69, 9.17) is 28.4 Å². The Bertz CT molecular complexity index is 1240. The van der Waals surface area contributed by atoms with E-state index in [0.29, 0.717) is 5.57 Å². The number of aliphatic hydroxyl groups is 1. The molecule has 3 rings (SSSR count). The number of esters is 6. The Morgan fingerprint density at radius 2 is 1.40 bits per heavy atom. The molecule has 10 unspecified atom stereocenters. The number of ether oxygens (including phenoxy) is 6. The molecule has 1 saturated carbocycles. The molecule has 2 fully saturated rings. The molecule has 13 heteroatoms. The second-order valence-corrected chi connectivity index (χ2v) is 11.7. The highest BCUT2D eigenvalue weighted by Crippen LogP contribution is 2.57. The van der Waals surface area contributed by atoms with E-state index in [2.05, 4.69) is 6.58 Å². The van der Waals surface area contributed by atoms with E-state index in [1.807, 2.05) is 0 Å². The van der Waals surface area contributed by atoms with E-state index in [-0.39, 0.29) is 18.4 Å². The standard InChI is InChI=1S/C30H40O13/c1-13-10-11-21(38-16(4)31)29(9)23(26(41-19(7)34)30(37)15(3)28(36)43-22(30)12-13)14(2)24(39-17(5)32)25(40-18(6)33)27(29)42-20(8)35/h12,15,21-27,37H,2,10-11H2,1,3-9H3. The molecule has 2 aliphatic carbocycles. The third-order valence-electron chi connectivity index (χ3n) is 8.57. The highest BCUT2D eigenvalue weighted by atomic mass is 16.6. The van der Waals surface area contributed by atoms with Gasteiger partial charge in [-0.25, -0.2) is 0 Å². The minimum absolute atomic E-state index is 0.00393. The largest absolute Gasteiger partial charge is 0.462 e. The van der Waals surface area contributed by atoms with Crippen LogP contribution in [0.1, 0.15) is 68.2 Å². The Morgan fingerprint density at radius 1 is 0.884 bits per heavy atom. The second-order valence-electron chi connectivity index (χ2n) is 11.7. The molecular formula is C30H40O13. The average Bonchev–Trinajstić information content (AvgIpc) is 3.08. The molecule has 0 aromatic rings. The summed E-state index contributed by atoms with van der Waals surface area (Å²) in [5.41, 5.74) is -3.25. The van der Waals surface area contributed by atoms with E-state index in [0.717, 1.165) is 27.7 Å². The predicted molar refractivity (Wildman–Crippen MR) is 145 cm³/mol. The van der Waals surface area contributed by atoms with Crippen LogP contribution in [-0.4, -0.2) is 83.1 Å². The van der Waals surface area contributed by atoms with Gasteiger partial charge in [0.2, 0.25) is 0 Å². The number of hydrogen-bond acceptors (Lipinski definition) is 13. The van der Waals surface area contributed by atoms with E-state index in [9.17, 15) is 33.9 Å². The van der Waals surface area contributed by atoms with Crippen LogP contribution >= 0.6 is 0 Å². The zero-order valence-electron chi connectivity index (χ0n) is 25.7. The Balaban J connectivity index is 2.50. The van der Waals surface area contributed by atoms with E-state index in [1.165, 1.54) is 13.8 Å². The van der Waals surface area contributed by atoms with Gasteiger partial charge in [0.15, 0.2) is 30.0 Å². The second kappa shape index (κ2) is 12.5. The van der Waals surface area contributed by atoms with Gasteiger partial charge < -0.3 is 33.5 Å². The van der Waals surface area contributed by atoms with Gasteiger partial charge in [-0.15, -0.1) is 0 Å². The smallest absolute Gasteiger partial charge is 0.312 e. The first kappa shape index (κ1) is 33.8. The zero-order chi connectivity index (χ0) is 32.6. The van der Waals surface area contributed by atoms with Crippen LogP contribution in [0.3, 0.4) is 0 Å². The maximum absolute atomic E-state index is 13.0. The third kappa shape index (κ3) is 6.31. The van der Waals surface area contributed by atoms with Crippen molar-refractivity contribution in [2.24, 2.45) is 17.3 Å². The monoisotopic (exact) mass is 608 g/mol. The topological polar surface area (TPSA) is 178 Å². The predicted octanol–water partition coefficient (Wildman–Crippen LogP) is 1.87. The van der Waals surface area contributed by atoms with Gasteiger partial charge in [-0.3, -0.25) is 28.8 Å². The Labute approximate surface area is 249 Å². The summed E-state index contributed by atoms with van der Waals surface area (Å²) in [7, 11) is 0. The van der Waals surface area contributed by atoms with Gasteiger partial charge in [-0.1, -0.05) is 19.1 Å². The minimum atomic E-state index is -2.23. The molecule has 238 valence electrons. The fourth-order valence-electron chi connectivity index (χ4n) is 6.73.